The zero-order valence-electron chi connectivity index (χ0n) is 12.5. The van der Waals surface area contributed by atoms with Gasteiger partial charge in [0.1, 0.15) is 0 Å². The molecule has 2 aromatic rings. The molecule has 0 amide bonds. The van der Waals surface area contributed by atoms with E-state index in [9.17, 15) is 0 Å². The van der Waals surface area contributed by atoms with Crippen molar-refractivity contribution < 1.29 is 0 Å². The summed E-state index contributed by atoms with van der Waals surface area (Å²) in [6, 6.07) is 21.9. The van der Waals surface area contributed by atoms with E-state index in [1.54, 1.807) is 0 Å². The molecule has 0 heterocycles. The van der Waals surface area contributed by atoms with Gasteiger partial charge in [0.15, 0.2) is 0 Å². The Morgan fingerprint density at radius 1 is 0.905 bits per heavy atom. The molecule has 2 rings (SSSR count). The van der Waals surface area contributed by atoms with Gasteiger partial charge in [0, 0.05) is 18.8 Å². The first kappa shape index (κ1) is 17.0. The highest BCUT2D eigenvalue weighted by atomic mass is 32.2. The first-order chi connectivity index (χ1) is 10.3. The van der Waals surface area contributed by atoms with E-state index in [0.717, 1.165) is 13.1 Å². The summed E-state index contributed by atoms with van der Waals surface area (Å²) >= 11 is 1.91. The van der Waals surface area contributed by atoms with Crippen LogP contribution in [0.25, 0.3) is 0 Å². The molecule has 4 heteroatoms. The normalized spacial score (nSPS) is 11.2. The van der Waals surface area contributed by atoms with Crippen molar-refractivity contribution in [2.24, 2.45) is 0 Å². The van der Waals surface area contributed by atoms with Gasteiger partial charge in [-0.3, -0.25) is 4.67 Å². The summed E-state index contributed by atoms with van der Waals surface area (Å²) in [5.41, 5.74) is 0. The van der Waals surface area contributed by atoms with E-state index in [2.05, 4.69) is 81.0 Å². The number of thioether (sulfide) groups is 1. The lowest BCUT2D eigenvalue weighted by atomic mass is 10.4. The van der Waals surface area contributed by atoms with Crippen molar-refractivity contribution in [3.05, 3.63) is 60.7 Å². The van der Waals surface area contributed by atoms with Crippen molar-refractivity contribution in [1.29, 1.82) is 0 Å². The lowest BCUT2D eigenvalue weighted by molar-refractivity contribution is 0.532. The van der Waals surface area contributed by atoms with Crippen molar-refractivity contribution in [3.8, 4) is 0 Å². The number of hydrogen-bond donors (Lipinski definition) is 0. The Labute approximate surface area is 136 Å². The summed E-state index contributed by atoms with van der Waals surface area (Å²) < 4.78 is 2.37. The van der Waals surface area contributed by atoms with Crippen LogP contribution in [-0.4, -0.2) is 35.9 Å². The van der Waals surface area contributed by atoms with Crippen molar-refractivity contribution in [1.82, 2.24) is 4.67 Å². The molecule has 0 aliphatic carbocycles. The maximum absolute atomic E-state index is 2.88. The third-order valence-electron chi connectivity index (χ3n) is 3.33. The van der Waals surface area contributed by atoms with Gasteiger partial charge in [-0.25, -0.2) is 0 Å². The second-order valence-corrected chi connectivity index (χ2v) is 8.90. The average molecular weight is 335 g/mol. The number of nitrogens with zero attached hydrogens (tertiary/aromatic N) is 1. The van der Waals surface area contributed by atoms with Crippen molar-refractivity contribution in [3.63, 3.8) is 0 Å². The maximum Gasteiger partial charge on any atom is 0.0107 e. The summed E-state index contributed by atoms with van der Waals surface area (Å²) in [5.74, 6) is 1.19. The highest BCUT2D eigenvalue weighted by molar-refractivity contribution is 7.98. The minimum absolute atomic E-state index is 0.260. The van der Waals surface area contributed by atoms with E-state index >= 15 is 0 Å². The molecule has 112 valence electrons. The highest BCUT2D eigenvalue weighted by Gasteiger charge is 2.13. The Morgan fingerprint density at radius 2 is 1.43 bits per heavy atom. The molecule has 0 saturated carbocycles. The van der Waals surface area contributed by atoms with Crippen LogP contribution in [0.15, 0.2) is 60.7 Å². The molecule has 2 aromatic carbocycles. The van der Waals surface area contributed by atoms with Gasteiger partial charge in [0.2, 0.25) is 0 Å². The molecule has 21 heavy (non-hydrogen) atoms. The van der Waals surface area contributed by atoms with E-state index in [0.29, 0.717) is 0 Å². The third kappa shape index (κ3) is 5.72. The first-order valence-corrected chi connectivity index (χ1v) is 10.6. The van der Waals surface area contributed by atoms with E-state index in [-0.39, 0.29) is 7.92 Å². The zero-order valence-corrected chi connectivity index (χ0v) is 15.3. The molecule has 0 saturated heterocycles. The molecular weight excluding hydrogens is 312 g/mol. The van der Waals surface area contributed by atoms with Crippen molar-refractivity contribution in [2.45, 2.75) is 0 Å². The molecule has 1 unspecified atom stereocenters. The van der Waals surface area contributed by atoms with Gasteiger partial charge < -0.3 is 0 Å². The summed E-state index contributed by atoms with van der Waals surface area (Å²) in [7, 11) is 2.62. The second-order valence-electron chi connectivity index (χ2n) is 4.85. The molecule has 0 N–H and O–H groups in total. The van der Waals surface area contributed by atoms with Crippen LogP contribution < -0.4 is 10.6 Å². The summed E-state index contributed by atoms with van der Waals surface area (Å²) in [4.78, 5) is 0. The molecule has 1 atom stereocenters. The van der Waals surface area contributed by atoms with Gasteiger partial charge >= 0.3 is 0 Å². The van der Waals surface area contributed by atoms with Crippen molar-refractivity contribution in [2.75, 3.05) is 31.3 Å². The highest BCUT2D eigenvalue weighted by Crippen LogP contribution is 2.33. The molecule has 1 nitrogen and oxygen atoms in total. The van der Waals surface area contributed by atoms with Gasteiger partial charge in [-0.1, -0.05) is 70.1 Å². The van der Waals surface area contributed by atoms with Gasteiger partial charge in [-0.15, -0.1) is 0 Å². The summed E-state index contributed by atoms with van der Waals surface area (Å²) in [5, 5.41) is 2.95. The van der Waals surface area contributed by atoms with Crippen molar-refractivity contribution >= 4 is 39.7 Å². The minimum Gasteiger partial charge on any atom is -0.286 e. The maximum atomic E-state index is 2.88. The Bertz CT molecular complexity index is 467. The third-order valence-corrected chi connectivity index (χ3v) is 6.93. The second kappa shape index (κ2) is 9.59. The Kier molecular flexibility index (Phi) is 7.75. The monoisotopic (exact) mass is 335 g/mol. The van der Waals surface area contributed by atoms with Crippen LogP contribution in [0.1, 0.15) is 0 Å². The van der Waals surface area contributed by atoms with Crippen LogP contribution in [0.4, 0.5) is 0 Å². The average Bonchev–Trinajstić information content (AvgIpc) is 2.55. The molecule has 0 spiro atoms. The Hall–Kier alpha value is -0.390. The largest absolute Gasteiger partial charge is 0.286 e. The molecule has 0 aliphatic rings. The molecular formula is C17H23NP2S. The lowest BCUT2D eigenvalue weighted by Gasteiger charge is -2.22. The van der Waals surface area contributed by atoms with E-state index < -0.39 is 0 Å². The van der Waals surface area contributed by atoms with Crippen LogP contribution in [-0.2, 0) is 0 Å². The fourth-order valence-corrected chi connectivity index (χ4v) is 5.59. The standard InChI is InChI=1S/C17H23NP2S/c1-21-15-13-18(19)12-14-20(16-8-4-2-5-9-16)17-10-6-3-7-11-17/h2-11H,12-15,19H2,1H3. The van der Waals surface area contributed by atoms with E-state index in [4.69, 9.17) is 0 Å². The van der Waals surface area contributed by atoms with Gasteiger partial charge in [-0.2, -0.15) is 11.8 Å². The van der Waals surface area contributed by atoms with Crippen LogP contribution in [0.3, 0.4) is 0 Å². The first-order valence-electron chi connectivity index (χ1n) is 7.17. The number of benzene rings is 2. The zero-order chi connectivity index (χ0) is 14.9. The minimum atomic E-state index is -0.260. The molecule has 0 aromatic heterocycles. The van der Waals surface area contributed by atoms with Crippen LogP contribution in [0, 0.1) is 0 Å². The molecule has 0 radical (unpaired) electrons. The predicted molar refractivity (Wildman–Crippen MR) is 104 cm³/mol. The fraction of sp³-hybridized carbons (Fsp3) is 0.294. The lowest BCUT2D eigenvalue weighted by Crippen LogP contribution is -2.23. The topological polar surface area (TPSA) is 3.24 Å². The Balaban J connectivity index is 2.07. The Morgan fingerprint density at radius 3 is 1.90 bits per heavy atom. The molecule has 0 aliphatic heterocycles. The predicted octanol–water partition coefficient (Wildman–Crippen LogP) is 3.57. The fourth-order valence-electron chi connectivity index (χ4n) is 2.17. The molecule has 0 bridgehead atoms. The quantitative estimate of drug-likeness (QED) is 0.679. The van der Waals surface area contributed by atoms with Crippen LogP contribution >= 0.6 is 29.1 Å². The van der Waals surface area contributed by atoms with E-state index in [1.165, 1.54) is 22.5 Å². The van der Waals surface area contributed by atoms with E-state index in [1.807, 2.05) is 11.8 Å². The van der Waals surface area contributed by atoms with Crippen LogP contribution in [0.2, 0.25) is 0 Å². The number of rotatable bonds is 8. The summed E-state index contributed by atoms with van der Waals surface area (Å²) in [6.45, 7) is 2.26. The summed E-state index contributed by atoms with van der Waals surface area (Å²) in [6.07, 6.45) is 3.38. The number of hydrogen-bond acceptors (Lipinski definition) is 2. The van der Waals surface area contributed by atoms with Gasteiger partial charge in [-0.05, 0) is 30.9 Å². The van der Waals surface area contributed by atoms with Gasteiger partial charge in [0.05, 0.1) is 0 Å². The smallest absolute Gasteiger partial charge is 0.0107 e. The van der Waals surface area contributed by atoms with Crippen LogP contribution in [0.5, 0.6) is 0 Å². The molecule has 0 fully saturated rings. The SMILES string of the molecule is CSCCN(P)CCP(c1ccccc1)c1ccccc1. The van der Waals surface area contributed by atoms with Gasteiger partial charge in [0.25, 0.3) is 0 Å².